The lowest BCUT2D eigenvalue weighted by Gasteiger charge is -2.26. The van der Waals surface area contributed by atoms with Gasteiger partial charge in [-0.2, -0.15) is 5.26 Å². The van der Waals surface area contributed by atoms with Crippen LogP contribution in [0.1, 0.15) is 43.7 Å². The third-order valence-corrected chi connectivity index (χ3v) is 4.80. The van der Waals surface area contributed by atoms with Crippen molar-refractivity contribution in [2.75, 3.05) is 6.54 Å². The first-order chi connectivity index (χ1) is 9.76. The van der Waals surface area contributed by atoms with E-state index in [9.17, 15) is 5.26 Å². The normalized spacial score (nSPS) is 29.3. The van der Waals surface area contributed by atoms with Crippen LogP contribution in [0, 0.1) is 11.3 Å². The zero-order chi connectivity index (χ0) is 14.0. The lowest BCUT2D eigenvalue weighted by molar-refractivity contribution is 0.195. The van der Waals surface area contributed by atoms with Gasteiger partial charge in [0.1, 0.15) is 5.54 Å². The predicted octanol–water partition coefficient (Wildman–Crippen LogP) is 2.82. The molecule has 0 spiro atoms. The molecule has 20 heavy (non-hydrogen) atoms. The summed E-state index contributed by atoms with van der Waals surface area (Å²) in [6.07, 6.45) is 4.18. The fourth-order valence-electron chi connectivity index (χ4n) is 3.61. The van der Waals surface area contributed by atoms with E-state index in [0.29, 0.717) is 6.04 Å². The molecule has 0 saturated heterocycles. The standard InChI is InChI=1S/C17H23N3/c1-2-9-19-17(13-18)8-7-16(10-17)20-11-14-5-3-4-6-15(14)12-20/h3-6,16,19H,2,7-12H2,1H3. The molecule has 3 nitrogen and oxygen atoms in total. The number of hydrogen-bond donors (Lipinski definition) is 1. The van der Waals surface area contributed by atoms with Gasteiger partial charge in [0, 0.05) is 19.1 Å². The molecule has 3 heteroatoms. The summed E-state index contributed by atoms with van der Waals surface area (Å²) >= 11 is 0. The van der Waals surface area contributed by atoms with Crippen LogP contribution in [-0.2, 0) is 13.1 Å². The Morgan fingerprint density at radius 2 is 2.05 bits per heavy atom. The number of rotatable bonds is 4. The van der Waals surface area contributed by atoms with E-state index < -0.39 is 0 Å². The Morgan fingerprint density at radius 3 is 2.65 bits per heavy atom. The van der Waals surface area contributed by atoms with Gasteiger partial charge in [0.05, 0.1) is 6.07 Å². The zero-order valence-electron chi connectivity index (χ0n) is 12.2. The van der Waals surface area contributed by atoms with Gasteiger partial charge in [0.25, 0.3) is 0 Å². The molecule has 0 aromatic heterocycles. The van der Waals surface area contributed by atoms with Crippen molar-refractivity contribution in [1.29, 1.82) is 5.26 Å². The molecular weight excluding hydrogens is 246 g/mol. The SMILES string of the molecule is CCCNC1(C#N)CCC(N2Cc3ccccc3C2)C1. The molecular formula is C17H23N3. The number of nitrogens with zero attached hydrogens (tertiary/aromatic N) is 2. The molecule has 2 atom stereocenters. The van der Waals surface area contributed by atoms with Crippen LogP contribution >= 0.6 is 0 Å². The molecule has 1 heterocycles. The average molecular weight is 269 g/mol. The van der Waals surface area contributed by atoms with E-state index in [2.05, 4.69) is 47.5 Å². The summed E-state index contributed by atoms with van der Waals surface area (Å²) in [4.78, 5) is 2.55. The van der Waals surface area contributed by atoms with Crippen molar-refractivity contribution in [2.45, 2.75) is 57.3 Å². The quantitative estimate of drug-likeness (QED) is 0.913. The molecule has 0 bridgehead atoms. The van der Waals surface area contributed by atoms with Crippen LogP contribution in [0.2, 0.25) is 0 Å². The summed E-state index contributed by atoms with van der Waals surface area (Å²) in [6.45, 7) is 5.20. The van der Waals surface area contributed by atoms with Gasteiger partial charge in [-0.25, -0.2) is 0 Å². The van der Waals surface area contributed by atoms with E-state index in [1.54, 1.807) is 0 Å². The molecule has 1 aliphatic heterocycles. The Hall–Kier alpha value is -1.37. The van der Waals surface area contributed by atoms with Crippen molar-refractivity contribution in [2.24, 2.45) is 0 Å². The van der Waals surface area contributed by atoms with E-state index in [1.165, 1.54) is 11.1 Å². The van der Waals surface area contributed by atoms with Crippen molar-refractivity contribution in [3.8, 4) is 6.07 Å². The van der Waals surface area contributed by atoms with Crippen molar-refractivity contribution in [1.82, 2.24) is 10.2 Å². The summed E-state index contributed by atoms with van der Waals surface area (Å²) in [5.41, 5.74) is 2.64. The van der Waals surface area contributed by atoms with Crippen molar-refractivity contribution in [3.63, 3.8) is 0 Å². The van der Waals surface area contributed by atoms with Gasteiger partial charge in [-0.05, 0) is 43.4 Å². The largest absolute Gasteiger partial charge is 0.299 e. The summed E-state index contributed by atoms with van der Waals surface area (Å²) in [5, 5.41) is 13.0. The lowest BCUT2D eigenvalue weighted by atomic mass is 9.99. The van der Waals surface area contributed by atoms with Crippen LogP contribution in [0.3, 0.4) is 0 Å². The summed E-state index contributed by atoms with van der Waals surface area (Å²) in [6, 6.07) is 11.8. The minimum absolute atomic E-state index is 0.282. The zero-order valence-corrected chi connectivity index (χ0v) is 12.2. The highest BCUT2D eigenvalue weighted by Crippen LogP contribution is 2.36. The van der Waals surface area contributed by atoms with E-state index >= 15 is 0 Å². The fourth-order valence-corrected chi connectivity index (χ4v) is 3.61. The summed E-state index contributed by atoms with van der Waals surface area (Å²) in [5.74, 6) is 0. The monoisotopic (exact) mass is 269 g/mol. The molecule has 2 unspecified atom stereocenters. The Labute approximate surface area is 121 Å². The van der Waals surface area contributed by atoms with Crippen molar-refractivity contribution < 1.29 is 0 Å². The lowest BCUT2D eigenvalue weighted by Crippen LogP contribution is -2.43. The van der Waals surface area contributed by atoms with Crippen LogP contribution in [0.25, 0.3) is 0 Å². The van der Waals surface area contributed by atoms with Crippen molar-refractivity contribution in [3.05, 3.63) is 35.4 Å². The minimum Gasteiger partial charge on any atom is -0.299 e. The fraction of sp³-hybridized carbons (Fsp3) is 0.588. The molecule has 1 saturated carbocycles. The van der Waals surface area contributed by atoms with E-state index in [-0.39, 0.29) is 5.54 Å². The maximum atomic E-state index is 9.55. The van der Waals surface area contributed by atoms with Crippen LogP contribution in [0.4, 0.5) is 0 Å². The molecule has 0 radical (unpaired) electrons. The second kappa shape index (κ2) is 5.55. The molecule has 0 amide bonds. The summed E-state index contributed by atoms with van der Waals surface area (Å²) < 4.78 is 0. The second-order valence-corrected chi connectivity index (χ2v) is 6.19. The minimum atomic E-state index is -0.282. The molecule has 1 aromatic carbocycles. The Bertz CT molecular complexity index is 494. The van der Waals surface area contributed by atoms with Gasteiger partial charge >= 0.3 is 0 Å². The predicted molar refractivity (Wildman–Crippen MR) is 80.0 cm³/mol. The first-order valence-electron chi connectivity index (χ1n) is 7.73. The van der Waals surface area contributed by atoms with Crippen LogP contribution in [0.15, 0.2) is 24.3 Å². The number of benzene rings is 1. The van der Waals surface area contributed by atoms with Gasteiger partial charge < -0.3 is 0 Å². The highest BCUT2D eigenvalue weighted by molar-refractivity contribution is 5.30. The molecule has 1 N–H and O–H groups in total. The van der Waals surface area contributed by atoms with E-state index in [0.717, 1.165) is 45.3 Å². The molecule has 1 aromatic rings. The van der Waals surface area contributed by atoms with Gasteiger partial charge in [-0.15, -0.1) is 0 Å². The molecule has 1 aliphatic carbocycles. The average Bonchev–Trinajstić information content (AvgIpc) is 3.09. The summed E-state index contributed by atoms with van der Waals surface area (Å²) in [7, 11) is 0. The number of nitriles is 1. The Kier molecular flexibility index (Phi) is 3.78. The van der Waals surface area contributed by atoms with Gasteiger partial charge in [-0.3, -0.25) is 10.2 Å². The smallest absolute Gasteiger partial charge is 0.108 e. The molecule has 106 valence electrons. The number of hydrogen-bond acceptors (Lipinski definition) is 3. The van der Waals surface area contributed by atoms with Crippen LogP contribution in [0.5, 0.6) is 0 Å². The highest BCUT2D eigenvalue weighted by atomic mass is 15.2. The van der Waals surface area contributed by atoms with Crippen molar-refractivity contribution >= 4 is 0 Å². The first-order valence-corrected chi connectivity index (χ1v) is 7.73. The Morgan fingerprint density at radius 1 is 1.35 bits per heavy atom. The van der Waals surface area contributed by atoms with Crippen LogP contribution in [-0.4, -0.2) is 23.0 Å². The number of nitrogens with one attached hydrogen (secondary N) is 1. The number of fused-ring (bicyclic) bond motifs is 1. The maximum Gasteiger partial charge on any atom is 0.108 e. The van der Waals surface area contributed by atoms with E-state index in [1.807, 2.05) is 0 Å². The third kappa shape index (κ3) is 2.46. The van der Waals surface area contributed by atoms with Gasteiger partial charge in [0.15, 0.2) is 0 Å². The highest BCUT2D eigenvalue weighted by Gasteiger charge is 2.42. The maximum absolute atomic E-state index is 9.55. The van der Waals surface area contributed by atoms with Gasteiger partial charge in [-0.1, -0.05) is 31.2 Å². The topological polar surface area (TPSA) is 39.1 Å². The van der Waals surface area contributed by atoms with Crippen LogP contribution < -0.4 is 5.32 Å². The van der Waals surface area contributed by atoms with Gasteiger partial charge in [0.2, 0.25) is 0 Å². The van der Waals surface area contributed by atoms with E-state index in [4.69, 9.17) is 0 Å². The molecule has 3 rings (SSSR count). The Balaban J connectivity index is 1.65. The molecule has 2 aliphatic rings. The second-order valence-electron chi connectivity index (χ2n) is 6.19. The first kappa shape index (κ1) is 13.6. The third-order valence-electron chi connectivity index (χ3n) is 4.80. The molecule has 1 fully saturated rings.